The maximum Gasteiger partial charge on any atom is 0.161 e. The lowest BCUT2D eigenvalue weighted by molar-refractivity contribution is 0.636. The third kappa shape index (κ3) is 4.29. The highest BCUT2D eigenvalue weighted by atomic mass is 15.3. The Kier molecular flexibility index (Phi) is 5.90. The minimum Gasteiger partial charge on any atom is -0.334 e. The zero-order chi connectivity index (χ0) is 20.1. The lowest BCUT2D eigenvalue weighted by Gasteiger charge is -2.21. The SMILES string of the molecule is C#Cc1nn(CC(=C)C/N=C(\C)CCc2ccccc2)c2c1N=CN(C)C2=C. The lowest BCUT2D eigenvalue weighted by atomic mass is 10.1. The van der Waals surface area contributed by atoms with Gasteiger partial charge in [-0.25, -0.2) is 4.99 Å². The molecule has 0 spiro atoms. The summed E-state index contributed by atoms with van der Waals surface area (Å²) in [5, 5.41) is 4.51. The van der Waals surface area contributed by atoms with Crippen LogP contribution in [0.1, 0.15) is 30.3 Å². The monoisotopic (exact) mass is 371 g/mol. The summed E-state index contributed by atoms with van der Waals surface area (Å²) in [6, 6.07) is 10.4. The van der Waals surface area contributed by atoms with E-state index in [9.17, 15) is 0 Å². The number of aryl methyl sites for hydroxylation is 1. The summed E-state index contributed by atoms with van der Waals surface area (Å²) < 4.78 is 1.83. The first-order valence-corrected chi connectivity index (χ1v) is 9.23. The molecule has 3 rings (SSSR count). The van der Waals surface area contributed by atoms with Gasteiger partial charge in [0.2, 0.25) is 0 Å². The average Bonchev–Trinajstić information content (AvgIpc) is 3.06. The fraction of sp³-hybridized carbons (Fsp3) is 0.261. The standard InChI is InChI=1S/C23H25N5/c1-6-21-22-23(19(4)27(5)16-25-22)28(26-21)15-17(2)14-24-18(3)12-13-20-10-8-7-9-11-20/h1,7-11,16H,2,4,12-15H2,3,5H3/b24-18+. The van der Waals surface area contributed by atoms with Crippen LogP contribution in [-0.4, -0.2) is 40.3 Å². The van der Waals surface area contributed by atoms with Gasteiger partial charge in [0.1, 0.15) is 11.4 Å². The number of terminal acetylenes is 1. The van der Waals surface area contributed by atoms with Crippen molar-refractivity contribution in [2.75, 3.05) is 13.6 Å². The van der Waals surface area contributed by atoms with E-state index < -0.39 is 0 Å². The molecule has 0 bridgehead atoms. The number of aromatic nitrogens is 2. The molecule has 1 aromatic heterocycles. The number of benzene rings is 1. The van der Waals surface area contributed by atoms with Crippen molar-refractivity contribution in [3.05, 3.63) is 66.0 Å². The Morgan fingerprint density at radius 2 is 2.04 bits per heavy atom. The number of rotatable bonds is 7. The molecule has 1 aromatic carbocycles. The molecule has 0 saturated heterocycles. The largest absolute Gasteiger partial charge is 0.334 e. The Balaban J connectivity index is 1.64. The molecule has 2 aromatic rings. The summed E-state index contributed by atoms with van der Waals surface area (Å²) in [4.78, 5) is 10.9. The van der Waals surface area contributed by atoms with Gasteiger partial charge < -0.3 is 4.90 Å². The van der Waals surface area contributed by atoms with Crippen molar-refractivity contribution in [2.45, 2.75) is 26.3 Å². The Morgan fingerprint density at radius 1 is 1.29 bits per heavy atom. The zero-order valence-electron chi connectivity index (χ0n) is 16.5. The van der Waals surface area contributed by atoms with Crippen LogP contribution in [0.3, 0.4) is 0 Å². The fourth-order valence-corrected chi connectivity index (χ4v) is 3.01. The molecule has 5 heteroatoms. The van der Waals surface area contributed by atoms with Gasteiger partial charge >= 0.3 is 0 Å². The third-order valence-electron chi connectivity index (χ3n) is 4.69. The van der Waals surface area contributed by atoms with Crippen molar-refractivity contribution >= 4 is 23.4 Å². The topological polar surface area (TPSA) is 45.8 Å². The lowest BCUT2D eigenvalue weighted by Crippen LogP contribution is -2.20. The second-order valence-corrected chi connectivity index (χ2v) is 6.94. The van der Waals surface area contributed by atoms with Crippen molar-refractivity contribution < 1.29 is 0 Å². The number of hydrogen-bond donors (Lipinski definition) is 0. The van der Waals surface area contributed by atoms with E-state index in [4.69, 9.17) is 6.42 Å². The Hall–Kier alpha value is -3.39. The van der Waals surface area contributed by atoms with Crippen molar-refractivity contribution in [1.82, 2.24) is 14.7 Å². The molecule has 5 nitrogen and oxygen atoms in total. The predicted molar refractivity (Wildman–Crippen MR) is 117 cm³/mol. The summed E-state index contributed by atoms with van der Waals surface area (Å²) in [5.41, 5.74) is 6.27. The Morgan fingerprint density at radius 3 is 2.75 bits per heavy atom. The van der Waals surface area contributed by atoms with E-state index in [0.29, 0.717) is 24.5 Å². The van der Waals surface area contributed by atoms with Crippen LogP contribution in [0.25, 0.3) is 5.70 Å². The molecule has 0 radical (unpaired) electrons. The zero-order valence-corrected chi connectivity index (χ0v) is 16.5. The van der Waals surface area contributed by atoms with Crippen LogP contribution in [0.15, 0.2) is 59.0 Å². The maximum absolute atomic E-state index is 5.59. The average molecular weight is 371 g/mol. The quantitative estimate of drug-likeness (QED) is 0.418. The molecule has 2 heterocycles. The van der Waals surface area contributed by atoms with Crippen LogP contribution in [0.2, 0.25) is 0 Å². The third-order valence-corrected chi connectivity index (χ3v) is 4.69. The summed E-state index contributed by atoms with van der Waals surface area (Å²) >= 11 is 0. The molecule has 0 fully saturated rings. The smallest absolute Gasteiger partial charge is 0.161 e. The second-order valence-electron chi connectivity index (χ2n) is 6.94. The number of hydrogen-bond acceptors (Lipinski definition) is 4. The Bertz CT molecular complexity index is 986. The van der Waals surface area contributed by atoms with Gasteiger partial charge in [0.25, 0.3) is 0 Å². The van der Waals surface area contributed by atoms with Crippen LogP contribution >= 0.6 is 0 Å². The normalized spacial score (nSPS) is 13.4. The molecule has 0 atom stereocenters. The van der Waals surface area contributed by atoms with E-state index in [1.165, 1.54) is 5.56 Å². The van der Waals surface area contributed by atoms with E-state index in [1.807, 2.05) is 22.7 Å². The highest BCUT2D eigenvalue weighted by molar-refractivity contribution is 5.86. The van der Waals surface area contributed by atoms with Gasteiger partial charge in [0.15, 0.2) is 5.69 Å². The highest BCUT2D eigenvalue weighted by Crippen LogP contribution is 2.33. The minimum absolute atomic E-state index is 0.524. The molecule has 0 amide bonds. The molecule has 0 aliphatic carbocycles. The van der Waals surface area contributed by atoms with Crippen LogP contribution in [0.5, 0.6) is 0 Å². The fourth-order valence-electron chi connectivity index (χ4n) is 3.01. The van der Waals surface area contributed by atoms with E-state index in [0.717, 1.165) is 35.5 Å². The molecule has 0 N–H and O–H groups in total. The van der Waals surface area contributed by atoms with Gasteiger partial charge in [-0.15, -0.1) is 6.42 Å². The summed E-state index contributed by atoms with van der Waals surface area (Å²) in [6.45, 7) is 11.4. The molecule has 28 heavy (non-hydrogen) atoms. The van der Waals surface area contributed by atoms with Crippen LogP contribution in [0.4, 0.5) is 5.69 Å². The molecule has 0 unspecified atom stereocenters. The first kappa shape index (κ1) is 19.4. The van der Waals surface area contributed by atoms with Crippen LogP contribution in [-0.2, 0) is 13.0 Å². The van der Waals surface area contributed by atoms with Gasteiger partial charge in [-0.05, 0) is 36.8 Å². The highest BCUT2D eigenvalue weighted by Gasteiger charge is 2.23. The van der Waals surface area contributed by atoms with Gasteiger partial charge in [0, 0.05) is 12.8 Å². The molecule has 142 valence electrons. The second kappa shape index (κ2) is 8.53. The maximum atomic E-state index is 5.59. The molecule has 1 aliphatic rings. The van der Waals surface area contributed by atoms with Crippen LogP contribution in [0, 0.1) is 12.3 Å². The van der Waals surface area contributed by atoms with Gasteiger partial charge in [0.05, 0.1) is 25.1 Å². The summed E-state index contributed by atoms with van der Waals surface area (Å²) in [5.74, 6) is 2.60. The molecule has 0 saturated carbocycles. The van der Waals surface area contributed by atoms with E-state index >= 15 is 0 Å². The van der Waals surface area contributed by atoms with Crippen LogP contribution < -0.4 is 0 Å². The van der Waals surface area contributed by atoms with E-state index in [1.54, 1.807) is 6.34 Å². The van der Waals surface area contributed by atoms with Crippen molar-refractivity contribution in [1.29, 1.82) is 0 Å². The van der Waals surface area contributed by atoms with Gasteiger partial charge in [-0.1, -0.05) is 43.5 Å². The molecule has 1 aliphatic heterocycles. The van der Waals surface area contributed by atoms with Crippen molar-refractivity contribution in [2.24, 2.45) is 9.98 Å². The molecular formula is C23H25N5. The number of fused-ring (bicyclic) bond motifs is 1. The number of nitrogens with zero attached hydrogens (tertiary/aromatic N) is 5. The Labute approximate surface area is 166 Å². The molecular weight excluding hydrogens is 346 g/mol. The van der Waals surface area contributed by atoms with E-state index in [-0.39, 0.29) is 0 Å². The van der Waals surface area contributed by atoms with Crippen molar-refractivity contribution in [3.8, 4) is 12.3 Å². The van der Waals surface area contributed by atoms with Crippen molar-refractivity contribution in [3.63, 3.8) is 0 Å². The first-order valence-electron chi connectivity index (χ1n) is 9.23. The minimum atomic E-state index is 0.524. The van der Waals surface area contributed by atoms with E-state index in [2.05, 4.69) is 65.4 Å². The van der Waals surface area contributed by atoms with Gasteiger partial charge in [-0.2, -0.15) is 5.10 Å². The predicted octanol–water partition coefficient (Wildman–Crippen LogP) is 4.09. The first-order chi connectivity index (χ1) is 13.5. The van der Waals surface area contributed by atoms with Gasteiger partial charge in [-0.3, -0.25) is 9.67 Å². The summed E-state index contributed by atoms with van der Waals surface area (Å²) in [7, 11) is 1.90. The summed E-state index contributed by atoms with van der Waals surface area (Å²) in [6.07, 6.45) is 9.22. The number of aliphatic imine (C=N–C) groups is 2.